The molecule has 0 saturated carbocycles. The molecule has 22 heavy (non-hydrogen) atoms. The smallest absolute Gasteiger partial charge is 0.0366 e. The van der Waals surface area contributed by atoms with Crippen molar-refractivity contribution in [2.24, 2.45) is 0 Å². The molecule has 2 heteroatoms. The van der Waals surface area contributed by atoms with Crippen LogP contribution in [-0.4, -0.2) is 26.2 Å². The van der Waals surface area contributed by atoms with Gasteiger partial charge in [-0.25, -0.2) is 0 Å². The lowest BCUT2D eigenvalue weighted by atomic mass is 10.2. The van der Waals surface area contributed by atoms with Crippen molar-refractivity contribution in [1.29, 1.82) is 0 Å². The van der Waals surface area contributed by atoms with Gasteiger partial charge in [-0.1, -0.05) is 50.2 Å². The van der Waals surface area contributed by atoms with Crippen LogP contribution in [-0.2, 0) is 0 Å². The van der Waals surface area contributed by atoms with Gasteiger partial charge in [-0.3, -0.25) is 0 Å². The van der Waals surface area contributed by atoms with Crippen molar-refractivity contribution in [2.75, 3.05) is 36.0 Å². The molecule has 0 radical (unpaired) electrons. The summed E-state index contributed by atoms with van der Waals surface area (Å²) >= 11 is 0. The SMILES string of the molecule is CCCN(CCN(CCC)c1ccccc1)c1ccccc1. The van der Waals surface area contributed by atoms with Crippen molar-refractivity contribution < 1.29 is 0 Å². The lowest BCUT2D eigenvalue weighted by molar-refractivity contribution is 0.705. The molecule has 2 nitrogen and oxygen atoms in total. The second-order valence-electron chi connectivity index (χ2n) is 5.65. The van der Waals surface area contributed by atoms with Gasteiger partial charge in [0.25, 0.3) is 0 Å². The van der Waals surface area contributed by atoms with Crippen molar-refractivity contribution in [1.82, 2.24) is 0 Å². The van der Waals surface area contributed by atoms with Gasteiger partial charge >= 0.3 is 0 Å². The van der Waals surface area contributed by atoms with E-state index in [1.54, 1.807) is 0 Å². The summed E-state index contributed by atoms with van der Waals surface area (Å²) in [6.45, 7) is 8.84. The van der Waals surface area contributed by atoms with Crippen LogP contribution in [0.2, 0.25) is 0 Å². The highest BCUT2D eigenvalue weighted by molar-refractivity contribution is 5.48. The summed E-state index contributed by atoms with van der Waals surface area (Å²) in [5, 5.41) is 0. The molecule has 0 aliphatic carbocycles. The number of para-hydroxylation sites is 2. The third kappa shape index (κ3) is 4.80. The van der Waals surface area contributed by atoms with Crippen LogP contribution in [0.1, 0.15) is 26.7 Å². The molecule has 0 saturated heterocycles. The van der Waals surface area contributed by atoms with Gasteiger partial charge in [0.15, 0.2) is 0 Å². The highest BCUT2D eigenvalue weighted by atomic mass is 15.2. The van der Waals surface area contributed by atoms with Crippen LogP contribution in [0.15, 0.2) is 60.7 Å². The molecule has 0 aliphatic rings. The van der Waals surface area contributed by atoms with Crippen LogP contribution in [0.5, 0.6) is 0 Å². The zero-order valence-electron chi connectivity index (χ0n) is 13.9. The van der Waals surface area contributed by atoms with Crippen LogP contribution in [0, 0.1) is 0 Å². The van der Waals surface area contributed by atoms with E-state index in [9.17, 15) is 0 Å². The van der Waals surface area contributed by atoms with Crippen molar-refractivity contribution in [2.45, 2.75) is 26.7 Å². The third-order valence-corrected chi connectivity index (χ3v) is 3.87. The fraction of sp³-hybridized carbons (Fsp3) is 0.400. The zero-order valence-corrected chi connectivity index (χ0v) is 13.9. The van der Waals surface area contributed by atoms with E-state index in [0.29, 0.717) is 0 Å². The van der Waals surface area contributed by atoms with Gasteiger partial charge in [-0.15, -0.1) is 0 Å². The molecule has 0 fully saturated rings. The third-order valence-electron chi connectivity index (χ3n) is 3.87. The minimum absolute atomic E-state index is 1.06. The van der Waals surface area contributed by atoms with Crippen molar-refractivity contribution in [3.05, 3.63) is 60.7 Å². The Balaban J connectivity index is 2.03. The molecule has 2 rings (SSSR count). The van der Waals surface area contributed by atoms with Crippen molar-refractivity contribution in [3.63, 3.8) is 0 Å². The van der Waals surface area contributed by atoms with Gasteiger partial charge < -0.3 is 9.80 Å². The number of anilines is 2. The van der Waals surface area contributed by atoms with E-state index in [-0.39, 0.29) is 0 Å². The number of rotatable bonds is 9. The number of hydrogen-bond acceptors (Lipinski definition) is 2. The second-order valence-corrected chi connectivity index (χ2v) is 5.65. The Morgan fingerprint density at radius 2 is 0.909 bits per heavy atom. The Hall–Kier alpha value is -1.96. The van der Waals surface area contributed by atoms with Gasteiger partial charge in [0.2, 0.25) is 0 Å². The van der Waals surface area contributed by atoms with E-state index in [4.69, 9.17) is 0 Å². The Morgan fingerprint density at radius 3 is 1.23 bits per heavy atom. The molecule has 0 unspecified atom stereocenters. The average Bonchev–Trinajstić information content (AvgIpc) is 2.59. The van der Waals surface area contributed by atoms with Crippen molar-refractivity contribution in [3.8, 4) is 0 Å². The maximum absolute atomic E-state index is 2.49. The Labute approximate surface area is 135 Å². The maximum Gasteiger partial charge on any atom is 0.0366 e. The molecule has 0 atom stereocenters. The summed E-state index contributed by atoms with van der Waals surface area (Å²) < 4.78 is 0. The molecule has 0 amide bonds. The molecular weight excluding hydrogens is 268 g/mol. The normalized spacial score (nSPS) is 10.5. The van der Waals surface area contributed by atoms with Crippen LogP contribution >= 0.6 is 0 Å². The topological polar surface area (TPSA) is 6.48 Å². The molecule has 2 aromatic rings. The monoisotopic (exact) mass is 296 g/mol. The highest BCUT2D eigenvalue weighted by Crippen LogP contribution is 2.16. The van der Waals surface area contributed by atoms with Gasteiger partial charge in [0.05, 0.1) is 0 Å². The van der Waals surface area contributed by atoms with Crippen LogP contribution in [0.3, 0.4) is 0 Å². The maximum atomic E-state index is 2.49. The lowest BCUT2D eigenvalue weighted by Crippen LogP contribution is -2.36. The fourth-order valence-corrected chi connectivity index (χ4v) is 2.80. The number of benzene rings is 2. The van der Waals surface area contributed by atoms with E-state index >= 15 is 0 Å². The average molecular weight is 296 g/mol. The van der Waals surface area contributed by atoms with E-state index in [1.807, 2.05) is 0 Å². The Morgan fingerprint density at radius 1 is 0.545 bits per heavy atom. The summed E-state index contributed by atoms with van der Waals surface area (Å²) in [6.07, 6.45) is 2.35. The largest absolute Gasteiger partial charge is 0.370 e. The van der Waals surface area contributed by atoms with Crippen molar-refractivity contribution >= 4 is 11.4 Å². The quantitative estimate of drug-likeness (QED) is 0.654. The molecule has 0 bridgehead atoms. The summed E-state index contributed by atoms with van der Waals surface area (Å²) in [5.74, 6) is 0. The minimum atomic E-state index is 1.06. The minimum Gasteiger partial charge on any atom is -0.370 e. The fourth-order valence-electron chi connectivity index (χ4n) is 2.80. The van der Waals surface area contributed by atoms with Crippen LogP contribution in [0.4, 0.5) is 11.4 Å². The lowest BCUT2D eigenvalue weighted by Gasteiger charge is -2.30. The predicted octanol–water partition coefficient (Wildman–Crippen LogP) is 4.82. The first kappa shape index (κ1) is 16.4. The zero-order chi connectivity index (χ0) is 15.6. The summed E-state index contributed by atoms with van der Waals surface area (Å²) in [7, 11) is 0. The van der Waals surface area contributed by atoms with Crippen LogP contribution < -0.4 is 9.80 Å². The molecule has 0 heterocycles. The number of nitrogens with zero attached hydrogens (tertiary/aromatic N) is 2. The molecule has 0 spiro atoms. The first-order chi connectivity index (χ1) is 10.8. The Kier molecular flexibility index (Phi) is 6.82. The molecule has 118 valence electrons. The summed E-state index contributed by atoms with van der Waals surface area (Å²) in [6, 6.07) is 21.5. The standard InChI is InChI=1S/C20H28N2/c1-3-15-21(19-11-7-5-8-12-19)17-18-22(16-4-2)20-13-9-6-10-14-20/h5-14H,3-4,15-18H2,1-2H3. The van der Waals surface area contributed by atoms with E-state index < -0.39 is 0 Å². The van der Waals surface area contributed by atoms with Crippen LogP contribution in [0.25, 0.3) is 0 Å². The molecule has 2 aromatic carbocycles. The molecular formula is C20H28N2. The molecule has 0 aliphatic heterocycles. The molecule has 0 N–H and O–H groups in total. The van der Waals surface area contributed by atoms with E-state index in [0.717, 1.165) is 26.2 Å². The first-order valence-corrected chi connectivity index (χ1v) is 8.45. The Bertz CT molecular complexity index is 460. The van der Waals surface area contributed by atoms with Gasteiger partial charge in [0, 0.05) is 37.6 Å². The van der Waals surface area contributed by atoms with E-state index in [1.165, 1.54) is 24.2 Å². The first-order valence-electron chi connectivity index (χ1n) is 8.45. The van der Waals surface area contributed by atoms with Gasteiger partial charge in [0.1, 0.15) is 0 Å². The highest BCUT2D eigenvalue weighted by Gasteiger charge is 2.09. The van der Waals surface area contributed by atoms with Gasteiger partial charge in [-0.05, 0) is 37.1 Å². The summed E-state index contributed by atoms with van der Waals surface area (Å²) in [4.78, 5) is 4.98. The van der Waals surface area contributed by atoms with Gasteiger partial charge in [-0.2, -0.15) is 0 Å². The summed E-state index contributed by atoms with van der Waals surface area (Å²) in [5.41, 5.74) is 2.66. The van der Waals surface area contributed by atoms with E-state index in [2.05, 4.69) is 84.3 Å². The molecule has 0 aromatic heterocycles. The number of hydrogen-bond donors (Lipinski definition) is 0. The second kappa shape index (κ2) is 9.14. The predicted molar refractivity (Wildman–Crippen MR) is 97.9 cm³/mol.